The predicted molar refractivity (Wildman–Crippen MR) is 107 cm³/mol. The van der Waals surface area contributed by atoms with E-state index in [9.17, 15) is 0 Å². The van der Waals surface area contributed by atoms with Gasteiger partial charge in [-0.05, 0) is 36.2 Å². The molecule has 1 aromatic carbocycles. The lowest BCUT2D eigenvalue weighted by Gasteiger charge is -2.20. The van der Waals surface area contributed by atoms with Gasteiger partial charge in [-0.3, -0.25) is 4.99 Å². The van der Waals surface area contributed by atoms with Crippen molar-refractivity contribution in [3.8, 4) is 0 Å². The minimum atomic E-state index is 0.314. The summed E-state index contributed by atoms with van der Waals surface area (Å²) >= 11 is 9.70. The number of hydrogen-bond donors (Lipinski definition) is 2. The zero-order valence-corrected chi connectivity index (χ0v) is 16.4. The Kier molecular flexibility index (Phi) is 6.15. The molecule has 0 radical (unpaired) electrons. The fourth-order valence-corrected chi connectivity index (χ4v) is 3.36. The van der Waals surface area contributed by atoms with E-state index in [0.717, 1.165) is 42.3 Å². The summed E-state index contributed by atoms with van der Waals surface area (Å²) in [6.45, 7) is 2.52. The number of anilines is 1. The Bertz CT molecular complexity index is 735. The van der Waals surface area contributed by atoms with Crippen molar-refractivity contribution >= 4 is 39.3 Å². The second-order valence-electron chi connectivity index (χ2n) is 5.94. The highest BCUT2D eigenvalue weighted by Crippen LogP contribution is 2.25. The van der Waals surface area contributed by atoms with Crippen LogP contribution in [0.2, 0.25) is 5.02 Å². The molecule has 1 saturated heterocycles. The molecule has 1 aliphatic heterocycles. The Hall–Kier alpha value is -1.79. The molecular weight excluding hydrogens is 402 g/mol. The van der Waals surface area contributed by atoms with Gasteiger partial charge in [0.15, 0.2) is 5.96 Å². The molecule has 2 aromatic rings. The third-order valence-electron chi connectivity index (χ3n) is 4.16. The molecule has 5 nitrogen and oxygen atoms in total. The van der Waals surface area contributed by atoms with Gasteiger partial charge < -0.3 is 15.5 Å². The van der Waals surface area contributed by atoms with Crippen molar-refractivity contribution in [3.63, 3.8) is 0 Å². The third kappa shape index (κ3) is 4.86. The zero-order valence-electron chi connectivity index (χ0n) is 14.0. The second kappa shape index (κ2) is 8.54. The Morgan fingerprint density at radius 2 is 2.16 bits per heavy atom. The highest BCUT2D eigenvalue weighted by atomic mass is 79.9. The molecule has 0 bridgehead atoms. The molecule has 1 atom stereocenters. The van der Waals surface area contributed by atoms with E-state index in [2.05, 4.69) is 53.6 Å². The molecule has 1 aromatic heterocycles. The quantitative estimate of drug-likeness (QED) is 0.585. The van der Waals surface area contributed by atoms with Gasteiger partial charge >= 0.3 is 0 Å². The molecule has 1 aliphatic rings. The van der Waals surface area contributed by atoms with Crippen molar-refractivity contribution in [1.82, 2.24) is 15.6 Å². The Balaban J connectivity index is 1.53. The second-order valence-corrected chi connectivity index (χ2v) is 7.26. The first kappa shape index (κ1) is 18.0. The Morgan fingerprint density at radius 3 is 2.88 bits per heavy atom. The van der Waals surface area contributed by atoms with Crippen molar-refractivity contribution in [2.24, 2.45) is 4.99 Å². The van der Waals surface area contributed by atoms with Gasteiger partial charge in [0.25, 0.3) is 0 Å². The maximum atomic E-state index is 6.25. The van der Waals surface area contributed by atoms with Crippen LogP contribution in [0.25, 0.3) is 0 Å². The van der Waals surface area contributed by atoms with E-state index in [1.54, 1.807) is 13.2 Å². The molecule has 0 spiro atoms. The molecule has 2 heterocycles. The number of aliphatic imine (C=N–C) groups is 1. The van der Waals surface area contributed by atoms with Gasteiger partial charge in [0, 0.05) is 43.4 Å². The number of halogens is 2. The molecular formula is C18H21BrClN5. The van der Waals surface area contributed by atoms with Crippen LogP contribution in [0.1, 0.15) is 12.0 Å². The van der Waals surface area contributed by atoms with E-state index in [1.165, 1.54) is 5.56 Å². The Morgan fingerprint density at radius 1 is 1.36 bits per heavy atom. The Labute approximate surface area is 161 Å². The molecule has 1 unspecified atom stereocenters. The van der Waals surface area contributed by atoms with E-state index in [-0.39, 0.29) is 0 Å². The first-order valence-electron chi connectivity index (χ1n) is 8.23. The molecule has 0 aliphatic carbocycles. The van der Waals surface area contributed by atoms with Gasteiger partial charge in [-0.2, -0.15) is 0 Å². The lowest BCUT2D eigenvalue weighted by Crippen LogP contribution is -2.44. The van der Waals surface area contributed by atoms with Crippen LogP contribution < -0.4 is 15.5 Å². The van der Waals surface area contributed by atoms with Gasteiger partial charge in [-0.15, -0.1) is 0 Å². The van der Waals surface area contributed by atoms with Crippen molar-refractivity contribution < 1.29 is 0 Å². The van der Waals surface area contributed by atoms with Crippen LogP contribution in [0.3, 0.4) is 0 Å². The third-order valence-corrected chi connectivity index (χ3v) is 4.99. The number of nitrogens with zero attached hydrogens (tertiary/aromatic N) is 3. The maximum Gasteiger partial charge on any atom is 0.191 e. The standard InChI is InChI=1S/C18H21BrClN5/c1-21-18(23-11-13-4-6-14(19)7-5-13)24-15-8-10-25(12-15)17-16(20)3-2-9-22-17/h2-7,9,15H,8,10-12H2,1H3,(H2,21,23,24). The van der Waals surface area contributed by atoms with Gasteiger partial charge in [-0.1, -0.05) is 39.7 Å². The molecule has 132 valence electrons. The molecule has 7 heteroatoms. The number of rotatable bonds is 4. The van der Waals surface area contributed by atoms with Crippen molar-refractivity contribution in [2.45, 2.75) is 19.0 Å². The van der Waals surface area contributed by atoms with E-state index in [4.69, 9.17) is 11.6 Å². The van der Waals surface area contributed by atoms with Crippen molar-refractivity contribution in [3.05, 3.63) is 57.7 Å². The maximum absolute atomic E-state index is 6.25. The zero-order chi connectivity index (χ0) is 17.6. The van der Waals surface area contributed by atoms with Gasteiger partial charge in [0.1, 0.15) is 5.82 Å². The van der Waals surface area contributed by atoms with E-state index in [1.807, 2.05) is 24.3 Å². The summed E-state index contributed by atoms with van der Waals surface area (Å²) in [6.07, 6.45) is 2.80. The molecule has 3 rings (SSSR count). The molecule has 0 amide bonds. The summed E-state index contributed by atoms with van der Waals surface area (Å²) in [7, 11) is 1.79. The minimum absolute atomic E-state index is 0.314. The summed E-state index contributed by atoms with van der Waals surface area (Å²) in [5.41, 5.74) is 1.21. The summed E-state index contributed by atoms with van der Waals surface area (Å²) in [4.78, 5) is 10.9. The predicted octanol–water partition coefficient (Wildman–Crippen LogP) is 3.44. The summed E-state index contributed by atoms with van der Waals surface area (Å²) in [6, 6.07) is 12.3. The fourth-order valence-electron chi connectivity index (χ4n) is 2.86. The van der Waals surface area contributed by atoms with E-state index in [0.29, 0.717) is 11.1 Å². The van der Waals surface area contributed by atoms with E-state index < -0.39 is 0 Å². The highest BCUT2D eigenvalue weighted by Gasteiger charge is 2.25. The van der Waals surface area contributed by atoms with Crippen LogP contribution >= 0.6 is 27.5 Å². The lowest BCUT2D eigenvalue weighted by molar-refractivity contribution is 0.648. The topological polar surface area (TPSA) is 52.6 Å². The summed E-state index contributed by atoms with van der Waals surface area (Å²) in [5.74, 6) is 1.66. The summed E-state index contributed by atoms with van der Waals surface area (Å²) < 4.78 is 1.08. The van der Waals surface area contributed by atoms with Crippen LogP contribution in [0, 0.1) is 0 Å². The SMILES string of the molecule is CN=C(NCc1ccc(Br)cc1)NC1CCN(c2ncccc2Cl)C1. The van der Waals surface area contributed by atoms with Crippen LogP contribution in [0.5, 0.6) is 0 Å². The van der Waals surface area contributed by atoms with Gasteiger partial charge in [-0.25, -0.2) is 4.98 Å². The normalized spacial score (nSPS) is 17.6. The molecule has 25 heavy (non-hydrogen) atoms. The largest absolute Gasteiger partial charge is 0.353 e. The highest BCUT2D eigenvalue weighted by molar-refractivity contribution is 9.10. The molecule has 1 fully saturated rings. The average molecular weight is 423 g/mol. The van der Waals surface area contributed by atoms with Crippen LogP contribution in [-0.4, -0.2) is 37.1 Å². The van der Waals surface area contributed by atoms with E-state index >= 15 is 0 Å². The van der Waals surface area contributed by atoms with Crippen molar-refractivity contribution in [1.29, 1.82) is 0 Å². The van der Waals surface area contributed by atoms with Gasteiger partial charge in [0.2, 0.25) is 0 Å². The van der Waals surface area contributed by atoms with Crippen molar-refractivity contribution in [2.75, 3.05) is 25.0 Å². The monoisotopic (exact) mass is 421 g/mol. The van der Waals surface area contributed by atoms with Crippen LogP contribution in [0.15, 0.2) is 52.1 Å². The number of benzene rings is 1. The minimum Gasteiger partial charge on any atom is -0.353 e. The first-order chi connectivity index (χ1) is 12.2. The van der Waals surface area contributed by atoms with Gasteiger partial charge in [0.05, 0.1) is 5.02 Å². The van der Waals surface area contributed by atoms with Crippen LogP contribution in [0.4, 0.5) is 5.82 Å². The smallest absolute Gasteiger partial charge is 0.191 e. The average Bonchev–Trinajstić information content (AvgIpc) is 3.08. The first-order valence-corrected chi connectivity index (χ1v) is 9.40. The summed E-state index contributed by atoms with van der Waals surface area (Å²) in [5, 5.41) is 7.54. The molecule has 2 N–H and O–H groups in total. The number of aromatic nitrogens is 1. The lowest BCUT2D eigenvalue weighted by atomic mass is 10.2. The number of nitrogens with one attached hydrogen (secondary N) is 2. The number of pyridine rings is 1. The van der Waals surface area contributed by atoms with Crippen LogP contribution in [-0.2, 0) is 6.54 Å². The molecule has 0 saturated carbocycles. The number of hydrogen-bond acceptors (Lipinski definition) is 3. The number of guanidine groups is 1. The fraction of sp³-hybridized carbons (Fsp3) is 0.333.